The van der Waals surface area contributed by atoms with Gasteiger partial charge in [-0.25, -0.2) is 8.42 Å². The molecule has 0 aliphatic carbocycles. The minimum atomic E-state index is -3.49. The van der Waals surface area contributed by atoms with Crippen LogP contribution in [0, 0.1) is 0 Å². The van der Waals surface area contributed by atoms with Crippen molar-refractivity contribution in [3.63, 3.8) is 0 Å². The molecule has 21 heavy (non-hydrogen) atoms. The van der Waals surface area contributed by atoms with Crippen molar-refractivity contribution < 1.29 is 22.7 Å². The van der Waals surface area contributed by atoms with Gasteiger partial charge in [-0.15, -0.1) is 0 Å². The highest BCUT2D eigenvalue weighted by atomic mass is 35.5. The molecule has 0 amide bonds. The molecule has 0 bridgehead atoms. The maximum absolute atomic E-state index is 12.1. The van der Waals surface area contributed by atoms with Crippen LogP contribution >= 0.6 is 11.6 Å². The van der Waals surface area contributed by atoms with Crippen LogP contribution in [0.3, 0.4) is 0 Å². The second-order valence-electron chi connectivity index (χ2n) is 4.65. The van der Waals surface area contributed by atoms with E-state index in [1.807, 2.05) is 0 Å². The summed E-state index contributed by atoms with van der Waals surface area (Å²) in [5.74, 6) is -0.113. The predicted molar refractivity (Wildman–Crippen MR) is 77.8 cm³/mol. The van der Waals surface area contributed by atoms with Crippen LogP contribution in [0.4, 0.5) is 0 Å². The van der Waals surface area contributed by atoms with Gasteiger partial charge in [0.15, 0.2) is 0 Å². The highest BCUT2D eigenvalue weighted by Gasteiger charge is 2.42. The summed E-state index contributed by atoms with van der Waals surface area (Å²) >= 11 is 5.94. The molecule has 1 aromatic carbocycles. The number of nitrogens with zero attached hydrogens (tertiary/aromatic N) is 1. The van der Waals surface area contributed by atoms with Gasteiger partial charge in [0, 0.05) is 17.1 Å². The van der Waals surface area contributed by atoms with E-state index in [1.165, 1.54) is 14.2 Å². The Morgan fingerprint density at radius 3 is 2.76 bits per heavy atom. The van der Waals surface area contributed by atoms with E-state index in [2.05, 4.69) is 4.74 Å². The second-order valence-corrected chi connectivity index (χ2v) is 7.12. The SMILES string of the molecule is COC(=O)[C@H]1CCS(=O)(=O)N1Cc1cc(Cl)ccc1OC. The van der Waals surface area contributed by atoms with E-state index in [1.54, 1.807) is 18.2 Å². The number of carbonyl (C=O) groups excluding carboxylic acids is 1. The molecule has 1 aromatic rings. The number of methoxy groups -OCH3 is 2. The van der Waals surface area contributed by atoms with Crippen LogP contribution in [0.2, 0.25) is 5.02 Å². The highest BCUT2D eigenvalue weighted by Crippen LogP contribution is 2.29. The lowest BCUT2D eigenvalue weighted by Crippen LogP contribution is -2.38. The van der Waals surface area contributed by atoms with Gasteiger partial charge in [-0.1, -0.05) is 11.6 Å². The summed E-state index contributed by atoms with van der Waals surface area (Å²) in [5, 5.41) is 0.469. The van der Waals surface area contributed by atoms with Crippen molar-refractivity contribution in [3.8, 4) is 5.75 Å². The maximum atomic E-state index is 12.1. The first-order valence-corrected chi connectivity index (χ1v) is 8.27. The Morgan fingerprint density at radius 2 is 2.14 bits per heavy atom. The van der Waals surface area contributed by atoms with E-state index in [-0.39, 0.29) is 18.7 Å². The number of sulfonamides is 1. The number of hydrogen-bond donors (Lipinski definition) is 0. The Labute approximate surface area is 128 Å². The quantitative estimate of drug-likeness (QED) is 0.779. The molecular formula is C13H16ClNO5S. The van der Waals surface area contributed by atoms with E-state index >= 15 is 0 Å². The van der Waals surface area contributed by atoms with E-state index < -0.39 is 22.0 Å². The summed E-state index contributed by atoms with van der Waals surface area (Å²) in [5.41, 5.74) is 0.601. The van der Waals surface area contributed by atoms with Gasteiger partial charge in [0.25, 0.3) is 0 Å². The topological polar surface area (TPSA) is 72.9 Å². The first kappa shape index (κ1) is 16.1. The normalized spacial score (nSPS) is 21.2. The summed E-state index contributed by atoms with van der Waals surface area (Å²) in [6.45, 7) is 0.0197. The van der Waals surface area contributed by atoms with Crippen LogP contribution < -0.4 is 4.74 Å². The Kier molecular flexibility index (Phi) is 4.75. The average molecular weight is 334 g/mol. The molecule has 0 N–H and O–H groups in total. The molecule has 1 saturated heterocycles. The zero-order valence-electron chi connectivity index (χ0n) is 11.7. The van der Waals surface area contributed by atoms with Crippen molar-refractivity contribution in [1.82, 2.24) is 4.31 Å². The molecule has 1 fully saturated rings. The maximum Gasteiger partial charge on any atom is 0.324 e. The third-order valence-corrected chi connectivity index (χ3v) is 5.48. The molecule has 0 aromatic heterocycles. The largest absolute Gasteiger partial charge is 0.496 e. The fourth-order valence-corrected chi connectivity index (χ4v) is 4.20. The molecular weight excluding hydrogens is 318 g/mol. The molecule has 1 aliphatic heterocycles. The summed E-state index contributed by atoms with van der Waals surface area (Å²) in [6, 6.07) is 4.14. The molecule has 1 atom stereocenters. The number of rotatable bonds is 4. The minimum absolute atomic E-state index is 0.0197. The zero-order valence-corrected chi connectivity index (χ0v) is 13.3. The number of ether oxygens (including phenoxy) is 2. The lowest BCUT2D eigenvalue weighted by molar-refractivity contribution is -0.144. The van der Waals surface area contributed by atoms with E-state index in [0.717, 1.165) is 4.31 Å². The lowest BCUT2D eigenvalue weighted by atomic mass is 10.1. The molecule has 8 heteroatoms. The third kappa shape index (κ3) is 3.30. The Balaban J connectivity index is 2.35. The first-order valence-electron chi connectivity index (χ1n) is 6.29. The Bertz CT molecular complexity index is 646. The molecule has 0 saturated carbocycles. The van der Waals surface area contributed by atoms with Crippen molar-refractivity contribution in [3.05, 3.63) is 28.8 Å². The number of hydrogen-bond acceptors (Lipinski definition) is 5. The number of benzene rings is 1. The smallest absolute Gasteiger partial charge is 0.324 e. The van der Waals surface area contributed by atoms with E-state index in [4.69, 9.17) is 16.3 Å². The zero-order chi connectivity index (χ0) is 15.6. The van der Waals surface area contributed by atoms with Crippen molar-refractivity contribution >= 4 is 27.6 Å². The molecule has 2 rings (SSSR count). The van der Waals surface area contributed by atoms with Crippen molar-refractivity contribution in [2.75, 3.05) is 20.0 Å². The molecule has 0 spiro atoms. The molecule has 6 nitrogen and oxygen atoms in total. The van der Waals surface area contributed by atoms with Crippen LogP contribution in [-0.4, -0.2) is 44.7 Å². The monoisotopic (exact) mass is 333 g/mol. The van der Waals surface area contributed by atoms with Gasteiger partial charge in [0.05, 0.1) is 20.0 Å². The second kappa shape index (κ2) is 6.21. The number of esters is 1. The minimum Gasteiger partial charge on any atom is -0.496 e. The van der Waals surface area contributed by atoms with Gasteiger partial charge in [-0.3, -0.25) is 4.79 Å². The van der Waals surface area contributed by atoms with E-state index in [0.29, 0.717) is 16.3 Å². The highest BCUT2D eigenvalue weighted by molar-refractivity contribution is 7.89. The summed E-state index contributed by atoms with van der Waals surface area (Å²) in [4.78, 5) is 11.7. The van der Waals surface area contributed by atoms with Gasteiger partial charge >= 0.3 is 5.97 Å². The van der Waals surface area contributed by atoms with Crippen LogP contribution in [0.5, 0.6) is 5.75 Å². The van der Waals surface area contributed by atoms with E-state index in [9.17, 15) is 13.2 Å². The molecule has 116 valence electrons. The number of halogens is 1. The molecule has 1 aliphatic rings. The standard InChI is InChI=1S/C13H16ClNO5S/c1-19-12-4-3-10(14)7-9(12)8-15-11(13(16)20-2)5-6-21(15,17)18/h3-4,7,11H,5-6,8H2,1-2H3/t11-/m1/s1. The summed E-state index contributed by atoms with van der Waals surface area (Å²) in [7, 11) is -0.763. The van der Waals surface area contributed by atoms with Crippen LogP contribution in [-0.2, 0) is 26.1 Å². The van der Waals surface area contributed by atoms with Crippen molar-refractivity contribution in [2.24, 2.45) is 0 Å². The Morgan fingerprint density at radius 1 is 1.43 bits per heavy atom. The summed E-state index contributed by atoms with van der Waals surface area (Å²) < 4.78 is 35.3. The van der Waals surface area contributed by atoms with Gasteiger partial charge < -0.3 is 9.47 Å². The third-order valence-electron chi connectivity index (χ3n) is 3.40. The fraction of sp³-hybridized carbons (Fsp3) is 0.462. The lowest BCUT2D eigenvalue weighted by Gasteiger charge is -2.22. The Hall–Kier alpha value is -1.31. The summed E-state index contributed by atoms with van der Waals surface area (Å²) in [6.07, 6.45) is 0.220. The van der Waals surface area contributed by atoms with Crippen molar-refractivity contribution in [1.29, 1.82) is 0 Å². The van der Waals surface area contributed by atoms with Gasteiger partial charge in [0.1, 0.15) is 11.8 Å². The molecule has 0 unspecified atom stereocenters. The van der Waals surface area contributed by atoms with Gasteiger partial charge in [-0.2, -0.15) is 4.31 Å². The predicted octanol–water partition coefficient (Wildman–Crippen LogP) is 1.43. The molecule has 1 heterocycles. The number of carbonyl (C=O) groups is 1. The van der Waals surface area contributed by atoms with Crippen LogP contribution in [0.15, 0.2) is 18.2 Å². The first-order chi connectivity index (χ1) is 9.89. The average Bonchev–Trinajstić information content (AvgIpc) is 2.74. The van der Waals surface area contributed by atoms with Crippen LogP contribution in [0.1, 0.15) is 12.0 Å². The van der Waals surface area contributed by atoms with Gasteiger partial charge in [-0.05, 0) is 24.6 Å². The van der Waals surface area contributed by atoms with Crippen molar-refractivity contribution in [2.45, 2.75) is 19.0 Å². The fourth-order valence-electron chi connectivity index (χ4n) is 2.33. The van der Waals surface area contributed by atoms with Crippen LogP contribution in [0.25, 0.3) is 0 Å². The van der Waals surface area contributed by atoms with Gasteiger partial charge in [0.2, 0.25) is 10.0 Å². The molecule has 0 radical (unpaired) electrons.